The summed E-state index contributed by atoms with van der Waals surface area (Å²) in [5.74, 6) is 0.621. The first-order valence-corrected chi connectivity index (χ1v) is 10.1. The molecule has 0 unspecified atom stereocenters. The van der Waals surface area contributed by atoms with E-state index in [9.17, 15) is 10.1 Å². The molecule has 0 radical (unpaired) electrons. The highest BCUT2D eigenvalue weighted by molar-refractivity contribution is 7.18. The number of thiophene rings is 1. The van der Waals surface area contributed by atoms with Gasteiger partial charge in [-0.3, -0.25) is 4.79 Å². The Labute approximate surface area is 162 Å². The van der Waals surface area contributed by atoms with E-state index in [1.807, 2.05) is 18.2 Å². The number of fused-ring (bicyclic) bond motifs is 3. The van der Waals surface area contributed by atoms with Crippen molar-refractivity contribution < 1.29 is 0 Å². The molecule has 0 N–H and O–H groups in total. The zero-order valence-corrected chi connectivity index (χ0v) is 16.6. The maximum absolute atomic E-state index is 13.1. The van der Waals surface area contributed by atoms with Crippen molar-refractivity contribution in [3.8, 4) is 6.07 Å². The van der Waals surface area contributed by atoms with Gasteiger partial charge in [-0.05, 0) is 47.8 Å². The van der Waals surface area contributed by atoms with Crippen molar-refractivity contribution in [1.29, 1.82) is 5.26 Å². The van der Waals surface area contributed by atoms with Gasteiger partial charge in [-0.25, -0.2) is 4.68 Å². The number of aromatic nitrogens is 3. The fraction of sp³-hybridized carbons (Fsp3) is 0.429. The Bertz CT molecular complexity index is 1110. The Morgan fingerprint density at radius 3 is 2.85 bits per heavy atom. The molecular formula is C21H22N4OS. The highest BCUT2D eigenvalue weighted by Gasteiger charge is 2.31. The maximum Gasteiger partial charge on any atom is 0.279 e. The van der Waals surface area contributed by atoms with E-state index in [2.05, 4.69) is 37.2 Å². The van der Waals surface area contributed by atoms with Gasteiger partial charge in [0.1, 0.15) is 0 Å². The van der Waals surface area contributed by atoms with Crippen LogP contribution in [0.2, 0.25) is 0 Å². The molecule has 0 fully saturated rings. The van der Waals surface area contributed by atoms with Crippen molar-refractivity contribution in [1.82, 2.24) is 15.0 Å². The third-order valence-corrected chi connectivity index (χ3v) is 6.76. The standard InChI is InChI=1S/C21H22N4OS/c1-21(2,3)15-8-9-16-17(10-15)27-19-18(16)20(26)25(24-23-19)12-14-7-5-4-6-13(14)11-22/h4-7,15H,8-10,12H2,1-3H3/t15-/m0/s1. The second-order valence-corrected chi connectivity index (χ2v) is 9.39. The Hall–Kier alpha value is -2.52. The average Bonchev–Trinajstić information content (AvgIpc) is 3.02. The summed E-state index contributed by atoms with van der Waals surface area (Å²) in [4.78, 5) is 15.2. The van der Waals surface area contributed by atoms with Gasteiger partial charge in [-0.2, -0.15) is 5.26 Å². The molecule has 2 heterocycles. The normalized spacial score (nSPS) is 16.9. The van der Waals surface area contributed by atoms with E-state index in [1.54, 1.807) is 17.4 Å². The van der Waals surface area contributed by atoms with Crippen LogP contribution in [-0.4, -0.2) is 15.0 Å². The molecule has 0 bridgehead atoms. The highest BCUT2D eigenvalue weighted by Crippen LogP contribution is 2.41. The molecule has 1 aromatic carbocycles. The third kappa shape index (κ3) is 3.17. The van der Waals surface area contributed by atoms with Crippen LogP contribution in [0.3, 0.4) is 0 Å². The van der Waals surface area contributed by atoms with Crippen LogP contribution in [-0.2, 0) is 19.4 Å². The van der Waals surface area contributed by atoms with Gasteiger partial charge in [0, 0.05) is 4.88 Å². The van der Waals surface area contributed by atoms with E-state index in [1.165, 1.54) is 9.56 Å². The van der Waals surface area contributed by atoms with E-state index in [4.69, 9.17) is 0 Å². The summed E-state index contributed by atoms with van der Waals surface area (Å²) in [5.41, 5.74) is 2.68. The van der Waals surface area contributed by atoms with Gasteiger partial charge < -0.3 is 0 Å². The van der Waals surface area contributed by atoms with E-state index in [0.717, 1.165) is 40.6 Å². The largest absolute Gasteiger partial charge is 0.279 e. The molecule has 4 rings (SSSR count). The van der Waals surface area contributed by atoms with Gasteiger partial charge in [0.15, 0.2) is 4.83 Å². The highest BCUT2D eigenvalue weighted by atomic mass is 32.1. The maximum atomic E-state index is 13.1. The molecule has 2 aromatic heterocycles. The molecule has 1 atom stereocenters. The number of benzene rings is 1. The molecule has 1 aliphatic rings. The lowest BCUT2D eigenvalue weighted by Gasteiger charge is -2.33. The summed E-state index contributed by atoms with van der Waals surface area (Å²) < 4.78 is 1.39. The Balaban J connectivity index is 1.76. The van der Waals surface area contributed by atoms with Crippen molar-refractivity contribution in [2.75, 3.05) is 0 Å². The monoisotopic (exact) mass is 378 g/mol. The van der Waals surface area contributed by atoms with Crippen LogP contribution in [0.25, 0.3) is 10.2 Å². The SMILES string of the molecule is CC(C)(C)[C@H]1CCc2c(sc3nnn(Cc4ccccc4C#N)c(=O)c23)C1. The van der Waals surface area contributed by atoms with Gasteiger partial charge in [0.05, 0.1) is 23.6 Å². The number of hydrogen-bond donors (Lipinski definition) is 0. The molecule has 0 spiro atoms. The first-order valence-electron chi connectivity index (χ1n) is 9.24. The van der Waals surface area contributed by atoms with Crippen LogP contribution < -0.4 is 5.56 Å². The second kappa shape index (κ2) is 6.58. The topological polar surface area (TPSA) is 71.6 Å². The van der Waals surface area contributed by atoms with Crippen LogP contribution in [0.15, 0.2) is 29.1 Å². The Morgan fingerprint density at radius 2 is 2.11 bits per heavy atom. The van der Waals surface area contributed by atoms with E-state index in [0.29, 0.717) is 11.5 Å². The summed E-state index contributed by atoms with van der Waals surface area (Å²) in [6.07, 6.45) is 3.03. The Morgan fingerprint density at radius 1 is 1.33 bits per heavy atom. The van der Waals surface area contributed by atoms with Gasteiger partial charge in [0.25, 0.3) is 5.56 Å². The predicted molar refractivity (Wildman–Crippen MR) is 107 cm³/mol. The molecule has 3 aromatic rings. The van der Waals surface area contributed by atoms with Crippen LogP contribution in [0.4, 0.5) is 0 Å². The van der Waals surface area contributed by atoms with Gasteiger partial charge in [0.2, 0.25) is 0 Å². The number of hydrogen-bond acceptors (Lipinski definition) is 5. The smallest absolute Gasteiger partial charge is 0.267 e. The lowest BCUT2D eigenvalue weighted by Crippen LogP contribution is -2.28. The Kier molecular flexibility index (Phi) is 4.35. The number of nitrogens with zero attached hydrogens (tertiary/aromatic N) is 4. The quantitative estimate of drug-likeness (QED) is 0.677. The van der Waals surface area contributed by atoms with Crippen molar-refractivity contribution in [3.05, 3.63) is 56.2 Å². The van der Waals surface area contributed by atoms with E-state index >= 15 is 0 Å². The van der Waals surface area contributed by atoms with Crippen molar-refractivity contribution in [2.45, 2.75) is 46.6 Å². The minimum atomic E-state index is -0.0977. The zero-order valence-electron chi connectivity index (χ0n) is 15.8. The van der Waals surface area contributed by atoms with Crippen LogP contribution in [0.1, 0.15) is 48.8 Å². The summed E-state index contributed by atoms with van der Waals surface area (Å²) in [6, 6.07) is 9.47. The fourth-order valence-electron chi connectivity index (χ4n) is 3.90. The number of nitriles is 1. The van der Waals surface area contributed by atoms with Crippen molar-refractivity contribution in [2.24, 2.45) is 11.3 Å². The number of rotatable bonds is 2. The average molecular weight is 379 g/mol. The molecule has 138 valence electrons. The van der Waals surface area contributed by atoms with Crippen molar-refractivity contribution >= 4 is 21.6 Å². The summed E-state index contributed by atoms with van der Waals surface area (Å²) in [6.45, 7) is 7.13. The molecule has 0 saturated heterocycles. The van der Waals surface area contributed by atoms with Gasteiger partial charge in [-0.1, -0.05) is 44.2 Å². The second-order valence-electron chi connectivity index (χ2n) is 8.31. The van der Waals surface area contributed by atoms with Crippen LogP contribution >= 0.6 is 11.3 Å². The lowest BCUT2D eigenvalue weighted by molar-refractivity contribution is 0.218. The van der Waals surface area contributed by atoms with E-state index < -0.39 is 0 Å². The number of aryl methyl sites for hydroxylation is 1. The third-order valence-electron chi connectivity index (χ3n) is 5.62. The van der Waals surface area contributed by atoms with Gasteiger partial charge >= 0.3 is 0 Å². The molecule has 0 amide bonds. The predicted octanol–water partition coefficient (Wildman–Crippen LogP) is 3.92. The minimum absolute atomic E-state index is 0.0977. The first-order chi connectivity index (χ1) is 12.9. The molecule has 27 heavy (non-hydrogen) atoms. The van der Waals surface area contributed by atoms with Crippen LogP contribution in [0, 0.1) is 22.7 Å². The molecule has 1 aliphatic carbocycles. The fourth-order valence-corrected chi connectivity index (χ4v) is 5.13. The summed E-state index contributed by atoms with van der Waals surface area (Å²) >= 11 is 1.62. The summed E-state index contributed by atoms with van der Waals surface area (Å²) in [7, 11) is 0. The van der Waals surface area contributed by atoms with Crippen LogP contribution in [0.5, 0.6) is 0 Å². The lowest BCUT2D eigenvalue weighted by atomic mass is 9.72. The molecule has 5 nitrogen and oxygen atoms in total. The molecule has 6 heteroatoms. The minimum Gasteiger partial charge on any atom is -0.267 e. The first kappa shape index (κ1) is 17.9. The summed E-state index contributed by atoms with van der Waals surface area (Å²) in [5, 5.41) is 18.5. The van der Waals surface area contributed by atoms with E-state index in [-0.39, 0.29) is 17.5 Å². The molecule has 0 saturated carbocycles. The van der Waals surface area contributed by atoms with Crippen molar-refractivity contribution in [3.63, 3.8) is 0 Å². The zero-order chi connectivity index (χ0) is 19.2. The molecular weight excluding hydrogens is 356 g/mol. The van der Waals surface area contributed by atoms with Gasteiger partial charge in [-0.15, -0.1) is 16.4 Å². The molecule has 0 aliphatic heterocycles.